The van der Waals surface area contributed by atoms with E-state index >= 15 is 0 Å². The second kappa shape index (κ2) is 5.58. The molecule has 20 heavy (non-hydrogen) atoms. The topological polar surface area (TPSA) is 49.9 Å². The fourth-order valence-corrected chi connectivity index (χ4v) is 2.56. The molecule has 0 saturated carbocycles. The molecule has 0 aliphatic carbocycles. The van der Waals surface area contributed by atoms with Gasteiger partial charge >= 0.3 is 6.18 Å². The van der Waals surface area contributed by atoms with Crippen molar-refractivity contribution in [2.24, 2.45) is 5.73 Å². The van der Waals surface area contributed by atoms with Crippen LogP contribution < -0.4 is 5.73 Å². The molecule has 0 spiro atoms. The predicted octanol–water partition coefficient (Wildman–Crippen LogP) is 4.14. The van der Waals surface area contributed by atoms with Gasteiger partial charge < -0.3 is 5.73 Å². The molecule has 2 aromatic carbocycles. The highest BCUT2D eigenvalue weighted by Gasteiger charge is 2.34. The highest BCUT2D eigenvalue weighted by molar-refractivity contribution is 7.99. The first-order chi connectivity index (χ1) is 9.38. The van der Waals surface area contributed by atoms with Crippen molar-refractivity contribution in [1.82, 2.24) is 0 Å². The number of rotatable bonds is 3. The Labute approximate surface area is 118 Å². The van der Waals surface area contributed by atoms with Gasteiger partial charge in [0.1, 0.15) is 5.84 Å². The molecule has 2 aromatic rings. The van der Waals surface area contributed by atoms with Crippen LogP contribution in [0.3, 0.4) is 0 Å². The van der Waals surface area contributed by atoms with Gasteiger partial charge in [-0.2, -0.15) is 13.2 Å². The van der Waals surface area contributed by atoms with E-state index in [1.54, 1.807) is 0 Å². The van der Waals surface area contributed by atoms with E-state index in [0.717, 1.165) is 11.0 Å². The Morgan fingerprint density at radius 1 is 1.00 bits per heavy atom. The summed E-state index contributed by atoms with van der Waals surface area (Å²) in [5, 5.41) is 7.22. The van der Waals surface area contributed by atoms with Crippen molar-refractivity contribution in [1.29, 1.82) is 5.41 Å². The third-order valence-electron chi connectivity index (χ3n) is 2.57. The summed E-state index contributed by atoms with van der Waals surface area (Å²) >= 11 is 1.23. The van der Waals surface area contributed by atoms with E-state index in [1.807, 2.05) is 30.3 Å². The number of amidine groups is 1. The summed E-state index contributed by atoms with van der Waals surface area (Å²) in [5.41, 5.74) is 4.01. The maximum atomic E-state index is 13.0. The van der Waals surface area contributed by atoms with Gasteiger partial charge in [0.15, 0.2) is 0 Å². The highest BCUT2D eigenvalue weighted by Crippen LogP contribution is 2.36. The first-order valence-electron chi connectivity index (χ1n) is 5.66. The Morgan fingerprint density at radius 3 is 2.20 bits per heavy atom. The van der Waals surface area contributed by atoms with Gasteiger partial charge in [0.2, 0.25) is 0 Å². The molecule has 0 saturated heterocycles. The van der Waals surface area contributed by atoms with Crippen LogP contribution in [0.5, 0.6) is 0 Å². The second-order valence-electron chi connectivity index (χ2n) is 4.03. The average Bonchev–Trinajstić information content (AvgIpc) is 2.38. The lowest BCUT2D eigenvalue weighted by Gasteiger charge is -2.13. The van der Waals surface area contributed by atoms with E-state index in [9.17, 15) is 13.2 Å². The summed E-state index contributed by atoms with van der Waals surface area (Å²) in [6.45, 7) is 0. The van der Waals surface area contributed by atoms with Gasteiger partial charge in [0, 0.05) is 15.4 Å². The number of hydrogen-bond acceptors (Lipinski definition) is 2. The van der Waals surface area contributed by atoms with Gasteiger partial charge in [0.25, 0.3) is 0 Å². The Bertz CT molecular complexity index is 624. The van der Waals surface area contributed by atoms with Crippen molar-refractivity contribution in [2.75, 3.05) is 0 Å². The lowest BCUT2D eigenvalue weighted by molar-refractivity contribution is -0.137. The summed E-state index contributed by atoms with van der Waals surface area (Å²) in [6.07, 6.45) is -4.53. The molecule has 6 heteroatoms. The summed E-state index contributed by atoms with van der Waals surface area (Å²) in [6, 6.07) is 12.9. The molecule has 0 aliphatic heterocycles. The van der Waals surface area contributed by atoms with Gasteiger partial charge in [-0.3, -0.25) is 5.41 Å². The smallest absolute Gasteiger partial charge is 0.384 e. The number of benzene rings is 2. The SMILES string of the molecule is N=C(N)c1ccc(Sc2ccccc2)cc1C(F)(F)F. The number of alkyl halides is 3. The number of halogens is 3. The molecule has 0 radical (unpaired) electrons. The summed E-state index contributed by atoms with van der Waals surface area (Å²) in [7, 11) is 0. The minimum atomic E-state index is -4.53. The van der Waals surface area contributed by atoms with Crippen molar-refractivity contribution in [3.05, 3.63) is 59.7 Å². The molecule has 0 aromatic heterocycles. The Kier molecular flexibility index (Phi) is 4.04. The molecule has 0 heterocycles. The lowest BCUT2D eigenvalue weighted by Crippen LogP contribution is -2.18. The number of nitrogens with two attached hydrogens (primary N) is 1. The van der Waals surface area contributed by atoms with Gasteiger partial charge in [0.05, 0.1) is 5.56 Å². The fourth-order valence-electron chi connectivity index (χ4n) is 1.68. The molecule has 0 bridgehead atoms. The Morgan fingerprint density at radius 2 is 1.65 bits per heavy atom. The number of hydrogen-bond donors (Lipinski definition) is 2. The normalized spacial score (nSPS) is 11.3. The van der Waals surface area contributed by atoms with E-state index in [-0.39, 0.29) is 5.56 Å². The zero-order valence-corrected chi connectivity index (χ0v) is 11.1. The summed E-state index contributed by atoms with van der Waals surface area (Å²) < 4.78 is 38.9. The molecule has 0 aliphatic rings. The van der Waals surface area contributed by atoms with E-state index in [4.69, 9.17) is 11.1 Å². The van der Waals surface area contributed by atoms with Crippen LogP contribution in [0.25, 0.3) is 0 Å². The van der Waals surface area contributed by atoms with Crippen molar-refractivity contribution in [3.8, 4) is 0 Å². The predicted molar refractivity (Wildman–Crippen MR) is 73.0 cm³/mol. The fraction of sp³-hybridized carbons (Fsp3) is 0.0714. The Hall–Kier alpha value is -1.95. The molecule has 0 atom stereocenters. The average molecular weight is 296 g/mol. The standard InChI is InChI=1S/C14H11F3N2S/c15-14(16,17)12-8-10(6-7-11(12)13(18)19)20-9-4-2-1-3-5-9/h1-8H,(H3,18,19). The maximum absolute atomic E-state index is 13.0. The zero-order chi connectivity index (χ0) is 14.8. The van der Waals surface area contributed by atoms with Crippen molar-refractivity contribution in [3.63, 3.8) is 0 Å². The molecular formula is C14H11F3N2S. The third kappa shape index (κ3) is 3.33. The van der Waals surface area contributed by atoms with Crippen LogP contribution in [-0.2, 0) is 6.18 Å². The largest absolute Gasteiger partial charge is 0.417 e. The van der Waals surface area contributed by atoms with Crippen LogP contribution in [0.4, 0.5) is 13.2 Å². The van der Waals surface area contributed by atoms with Crippen LogP contribution in [-0.4, -0.2) is 5.84 Å². The van der Waals surface area contributed by atoms with Gasteiger partial charge in [-0.1, -0.05) is 30.0 Å². The highest BCUT2D eigenvalue weighted by atomic mass is 32.2. The quantitative estimate of drug-likeness (QED) is 0.660. The molecule has 0 amide bonds. The molecular weight excluding hydrogens is 285 g/mol. The molecule has 104 valence electrons. The Balaban J connectivity index is 2.40. The van der Waals surface area contributed by atoms with Gasteiger partial charge in [-0.15, -0.1) is 0 Å². The molecule has 2 rings (SSSR count). The first-order valence-corrected chi connectivity index (χ1v) is 6.48. The van der Waals surface area contributed by atoms with Gasteiger partial charge in [-0.05, 0) is 30.3 Å². The molecule has 3 N–H and O–H groups in total. The van der Waals surface area contributed by atoms with Gasteiger partial charge in [-0.25, -0.2) is 0 Å². The van der Waals surface area contributed by atoms with E-state index in [0.29, 0.717) is 4.90 Å². The second-order valence-corrected chi connectivity index (χ2v) is 5.18. The van der Waals surface area contributed by atoms with Crippen LogP contribution in [0.2, 0.25) is 0 Å². The first kappa shape index (κ1) is 14.5. The zero-order valence-electron chi connectivity index (χ0n) is 10.2. The number of nitrogens with one attached hydrogen (secondary N) is 1. The van der Waals surface area contributed by atoms with E-state index < -0.39 is 17.6 Å². The van der Waals surface area contributed by atoms with E-state index in [2.05, 4.69) is 0 Å². The number of nitrogen functional groups attached to an aromatic ring is 1. The van der Waals surface area contributed by atoms with Crippen LogP contribution >= 0.6 is 11.8 Å². The minimum Gasteiger partial charge on any atom is -0.384 e. The van der Waals surface area contributed by atoms with Crippen molar-refractivity contribution < 1.29 is 13.2 Å². The van der Waals surface area contributed by atoms with Crippen LogP contribution in [0.1, 0.15) is 11.1 Å². The monoisotopic (exact) mass is 296 g/mol. The van der Waals surface area contributed by atoms with E-state index in [1.165, 1.54) is 23.9 Å². The maximum Gasteiger partial charge on any atom is 0.417 e. The molecule has 0 fully saturated rings. The van der Waals surface area contributed by atoms with Crippen molar-refractivity contribution in [2.45, 2.75) is 16.0 Å². The van der Waals surface area contributed by atoms with Crippen LogP contribution in [0.15, 0.2) is 58.3 Å². The lowest BCUT2D eigenvalue weighted by atomic mass is 10.1. The van der Waals surface area contributed by atoms with Crippen LogP contribution in [0, 0.1) is 5.41 Å². The van der Waals surface area contributed by atoms with Crippen molar-refractivity contribution >= 4 is 17.6 Å². The third-order valence-corrected chi connectivity index (χ3v) is 3.56. The molecule has 2 nitrogen and oxygen atoms in total. The molecule has 0 unspecified atom stereocenters. The summed E-state index contributed by atoms with van der Waals surface area (Å²) in [5.74, 6) is -0.589. The summed E-state index contributed by atoms with van der Waals surface area (Å²) in [4.78, 5) is 1.30. The minimum absolute atomic E-state index is 0.296.